The van der Waals surface area contributed by atoms with Gasteiger partial charge in [-0.1, -0.05) is 6.42 Å². The van der Waals surface area contributed by atoms with Gasteiger partial charge in [0.1, 0.15) is 5.75 Å². The van der Waals surface area contributed by atoms with E-state index in [4.69, 9.17) is 4.74 Å². The van der Waals surface area contributed by atoms with Crippen molar-refractivity contribution in [2.24, 2.45) is 7.05 Å². The first-order valence-corrected chi connectivity index (χ1v) is 6.45. The number of fused-ring (bicyclic) bond motifs is 3. The molecule has 1 aromatic heterocycles. The topological polar surface area (TPSA) is 14.2 Å². The van der Waals surface area contributed by atoms with Gasteiger partial charge in [-0.15, -0.1) is 0 Å². The zero-order valence-corrected chi connectivity index (χ0v) is 10.6. The average molecular weight is 229 g/mol. The third-order valence-electron chi connectivity index (χ3n) is 3.98. The molecule has 1 aromatic carbocycles. The van der Waals surface area contributed by atoms with E-state index in [2.05, 4.69) is 29.8 Å². The van der Waals surface area contributed by atoms with Crippen LogP contribution in [0.2, 0.25) is 0 Å². The molecule has 2 aromatic rings. The molecule has 0 unspecified atom stereocenters. The molecule has 0 amide bonds. The number of hydrogen-bond acceptors (Lipinski definition) is 1. The van der Waals surface area contributed by atoms with Crippen LogP contribution in [0.5, 0.6) is 5.75 Å². The molecule has 2 heteroatoms. The van der Waals surface area contributed by atoms with Gasteiger partial charge in [0, 0.05) is 23.6 Å². The van der Waals surface area contributed by atoms with Crippen molar-refractivity contribution >= 4 is 10.9 Å². The number of aryl methyl sites for hydroxylation is 2. The van der Waals surface area contributed by atoms with Crippen LogP contribution >= 0.6 is 0 Å². The van der Waals surface area contributed by atoms with Crippen molar-refractivity contribution in [3.8, 4) is 5.75 Å². The first-order valence-electron chi connectivity index (χ1n) is 6.45. The minimum atomic E-state index is 0.968. The van der Waals surface area contributed by atoms with E-state index in [1.807, 2.05) is 0 Å². The molecule has 0 atom stereocenters. The van der Waals surface area contributed by atoms with E-state index in [1.54, 1.807) is 12.7 Å². The minimum Gasteiger partial charge on any atom is -0.497 e. The van der Waals surface area contributed by atoms with Crippen LogP contribution in [-0.2, 0) is 19.9 Å². The van der Waals surface area contributed by atoms with Gasteiger partial charge < -0.3 is 9.30 Å². The summed E-state index contributed by atoms with van der Waals surface area (Å²) in [6, 6.07) is 6.43. The molecule has 0 spiro atoms. The Labute approximate surface area is 102 Å². The molecule has 0 saturated heterocycles. The highest BCUT2D eigenvalue weighted by Gasteiger charge is 2.17. The standard InChI is InChI=1S/C15H19NO/c1-16-14-7-5-3-4-6-12(14)13-10-11(17-2)8-9-15(13)16/h8-10H,3-7H2,1-2H3. The van der Waals surface area contributed by atoms with Gasteiger partial charge in [0.15, 0.2) is 0 Å². The lowest BCUT2D eigenvalue weighted by Gasteiger charge is -2.03. The summed E-state index contributed by atoms with van der Waals surface area (Å²) >= 11 is 0. The fourth-order valence-electron chi connectivity index (χ4n) is 3.05. The van der Waals surface area contributed by atoms with Crippen LogP contribution in [0.3, 0.4) is 0 Å². The monoisotopic (exact) mass is 229 g/mol. The maximum atomic E-state index is 5.34. The van der Waals surface area contributed by atoms with E-state index < -0.39 is 0 Å². The van der Waals surface area contributed by atoms with E-state index in [1.165, 1.54) is 48.7 Å². The van der Waals surface area contributed by atoms with Gasteiger partial charge >= 0.3 is 0 Å². The Morgan fingerprint density at radius 1 is 1.12 bits per heavy atom. The van der Waals surface area contributed by atoms with E-state index in [9.17, 15) is 0 Å². The minimum absolute atomic E-state index is 0.968. The van der Waals surface area contributed by atoms with Crippen molar-refractivity contribution in [1.82, 2.24) is 4.57 Å². The molecular weight excluding hydrogens is 210 g/mol. The molecule has 17 heavy (non-hydrogen) atoms. The second kappa shape index (κ2) is 4.10. The Kier molecular flexibility index (Phi) is 2.58. The summed E-state index contributed by atoms with van der Waals surface area (Å²) in [5, 5.41) is 1.39. The Morgan fingerprint density at radius 3 is 2.76 bits per heavy atom. The number of rotatable bonds is 1. The van der Waals surface area contributed by atoms with Gasteiger partial charge in [-0.3, -0.25) is 0 Å². The fourth-order valence-corrected chi connectivity index (χ4v) is 3.05. The summed E-state index contributed by atoms with van der Waals surface area (Å²) in [5.41, 5.74) is 4.43. The number of ether oxygens (including phenoxy) is 1. The summed E-state index contributed by atoms with van der Waals surface area (Å²) in [7, 11) is 3.93. The van der Waals surface area contributed by atoms with Crippen LogP contribution < -0.4 is 4.74 Å². The molecule has 90 valence electrons. The lowest BCUT2D eigenvalue weighted by molar-refractivity contribution is 0.415. The normalized spacial score (nSPS) is 15.6. The highest BCUT2D eigenvalue weighted by Crippen LogP contribution is 2.32. The van der Waals surface area contributed by atoms with E-state index in [-0.39, 0.29) is 0 Å². The van der Waals surface area contributed by atoms with Crippen molar-refractivity contribution in [3.63, 3.8) is 0 Å². The van der Waals surface area contributed by atoms with Crippen molar-refractivity contribution in [2.45, 2.75) is 32.1 Å². The predicted molar refractivity (Wildman–Crippen MR) is 70.7 cm³/mol. The van der Waals surface area contributed by atoms with E-state index >= 15 is 0 Å². The molecule has 2 nitrogen and oxygen atoms in total. The van der Waals surface area contributed by atoms with Gasteiger partial charge in [-0.25, -0.2) is 0 Å². The SMILES string of the molecule is COc1ccc2c(c1)c1c(n2C)CCCCC1. The van der Waals surface area contributed by atoms with Crippen molar-refractivity contribution in [3.05, 3.63) is 29.5 Å². The van der Waals surface area contributed by atoms with Crippen LogP contribution in [0.25, 0.3) is 10.9 Å². The van der Waals surface area contributed by atoms with Crippen molar-refractivity contribution in [1.29, 1.82) is 0 Å². The van der Waals surface area contributed by atoms with Crippen LogP contribution in [-0.4, -0.2) is 11.7 Å². The first-order chi connectivity index (χ1) is 8.31. The fraction of sp³-hybridized carbons (Fsp3) is 0.467. The lowest BCUT2D eigenvalue weighted by Crippen LogP contribution is -1.96. The zero-order valence-electron chi connectivity index (χ0n) is 10.6. The second-order valence-corrected chi connectivity index (χ2v) is 4.93. The maximum Gasteiger partial charge on any atom is 0.119 e. The smallest absolute Gasteiger partial charge is 0.119 e. The number of hydrogen-bond donors (Lipinski definition) is 0. The first kappa shape index (κ1) is 10.7. The summed E-state index contributed by atoms with van der Waals surface area (Å²) in [6.07, 6.45) is 6.46. The average Bonchev–Trinajstić information content (AvgIpc) is 2.57. The Morgan fingerprint density at radius 2 is 1.94 bits per heavy atom. The molecule has 0 aliphatic heterocycles. The van der Waals surface area contributed by atoms with E-state index in [0.29, 0.717) is 0 Å². The van der Waals surface area contributed by atoms with Crippen LogP contribution in [0, 0.1) is 0 Å². The molecule has 1 aliphatic carbocycles. The molecule has 0 fully saturated rings. The number of benzene rings is 1. The van der Waals surface area contributed by atoms with Crippen LogP contribution in [0.4, 0.5) is 0 Å². The molecule has 0 bridgehead atoms. The number of nitrogens with zero attached hydrogens (tertiary/aromatic N) is 1. The maximum absolute atomic E-state index is 5.34. The van der Waals surface area contributed by atoms with Crippen molar-refractivity contribution in [2.75, 3.05) is 7.11 Å². The van der Waals surface area contributed by atoms with Gasteiger partial charge in [0.25, 0.3) is 0 Å². The molecule has 0 radical (unpaired) electrons. The van der Waals surface area contributed by atoms with Crippen molar-refractivity contribution < 1.29 is 4.74 Å². The Bertz CT molecular complexity index is 554. The largest absolute Gasteiger partial charge is 0.497 e. The van der Waals surface area contributed by atoms with E-state index in [0.717, 1.165) is 5.75 Å². The summed E-state index contributed by atoms with van der Waals surface area (Å²) in [5.74, 6) is 0.968. The Hall–Kier alpha value is -1.44. The summed E-state index contributed by atoms with van der Waals surface area (Å²) < 4.78 is 7.72. The third kappa shape index (κ3) is 1.63. The third-order valence-corrected chi connectivity index (χ3v) is 3.98. The molecular formula is C15H19NO. The van der Waals surface area contributed by atoms with Gasteiger partial charge in [-0.2, -0.15) is 0 Å². The predicted octanol–water partition coefficient (Wildman–Crippen LogP) is 3.46. The highest BCUT2D eigenvalue weighted by atomic mass is 16.5. The second-order valence-electron chi connectivity index (χ2n) is 4.93. The van der Waals surface area contributed by atoms with Gasteiger partial charge in [0.05, 0.1) is 7.11 Å². The summed E-state index contributed by atoms with van der Waals surface area (Å²) in [6.45, 7) is 0. The van der Waals surface area contributed by atoms with Crippen LogP contribution in [0.1, 0.15) is 30.5 Å². The molecule has 3 rings (SSSR count). The molecule has 0 N–H and O–H groups in total. The number of aromatic nitrogens is 1. The molecule has 1 heterocycles. The Balaban J connectivity index is 2.27. The summed E-state index contributed by atoms with van der Waals surface area (Å²) in [4.78, 5) is 0. The van der Waals surface area contributed by atoms with Crippen LogP contribution in [0.15, 0.2) is 18.2 Å². The molecule has 1 aliphatic rings. The zero-order chi connectivity index (χ0) is 11.8. The molecule has 0 saturated carbocycles. The lowest BCUT2D eigenvalue weighted by atomic mass is 10.1. The number of methoxy groups -OCH3 is 1. The van der Waals surface area contributed by atoms with Gasteiger partial charge in [-0.05, 0) is 49.4 Å². The van der Waals surface area contributed by atoms with Gasteiger partial charge in [0.2, 0.25) is 0 Å². The quantitative estimate of drug-likeness (QED) is 0.683. The highest BCUT2D eigenvalue weighted by molar-refractivity contribution is 5.87.